The van der Waals surface area contributed by atoms with Crippen molar-refractivity contribution in [1.82, 2.24) is 0 Å². The van der Waals surface area contributed by atoms with Gasteiger partial charge in [0.05, 0.1) is 32.9 Å². The topological polar surface area (TPSA) is 54.4 Å². The maximum atomic E-state index is 10.7. The minimum absolute atomic E-state index is 0.132. The quantitative estimate of drug-likeness (QED) is 0.226. The van der Waals surface area contributed by atoms with E-state index in [1.54, 1.807) is 0 Å². The first-order valence-electron chi connectivity index (χ1n) is 8.69. The molecule has 1 N–H and O–H groups in total. The Morgan fingerprint density at radius 1 is 0.864 bits per heavy atom. The Balaban J connectivity index is 3.59. The van der Waals surface area contributed by atoms with Gasteiger partial charge in [-0.05, 0) is 25.7 Å². The normalized spacial score (nSPS) is 13.1. The van der Waals surface area contributed by atoms with Gasteiger partial charge in [0.15, 0.2) is 0 Å². The van der Waals surface area contributed by atoms with E-state index in [9.17, 15) is 8.42 Å². The van der Waals surface area contributed by atoms with Crippen molar-refractivity contribution in [2.24, 2.45) is 0 Å². The molecular weight excluding hydrogens is 298 g/mol. The molecule has 0 aliphatic heterocycles. The zero-order valence-corrected chi connectivity index (χ0v) is 15.6. The number of allylic oxidation sites excluding steroid dienone is 2. The first-order chi connectivity index (χ1) is 10.3. The fraction of sp³-hybridized carbons (Fsp3) is 0.882. The number of hydrogen-bond acceptors (Lipinski definition) is 2. The molecule has 132 valence electrons. The lowest BCUT2D eigenvalue weighted by atomic mass is 10.1. The predicted molar refractivity (Wildman–Crippen MR) is 94.6 cm³/mol. The van der Waals surface area contributed by atoms with Crippen LogP contribution in [0.4, 0.5) is 0 Å². The second kappa shape index (κ2) is 12.1. The van der Waals surface area contributed by atoms with Crippen LogP contribution in [0.2, 0.25) is 0 Å². The summed E-state index contributed by atoms with van der Waals surface area (Å²) >= 11 is 0. The molecule has 0 saturated carbocycles. The molecule has 0 unspecified atom stereocenters. The van der Waals surface area contributed by atoms with Gasteiger partial charge in [-0.3, -0.25) is 4.55 Å². The van der Waals surface area contributed by atoms with Crippen LogP contribution < -0.4 is 0 Å². The van der Waals surface area contributed by atoms with Crippen molar-refractivity contribution < 1.29 is 17.5 Å². The molecule has 0 heterocycles. The first-order valence-corrected chi connectivity index (χ1v) is 10.3. The van der Waals surface area contributed by atoms with Crippen LogP contribution in [-0.2, 0) is 10.1 Å². The van der Waals surface area contributed by atoms with Gasteiger partial charge in [0, 0.05) is 6.42 Å². The van der Waals surface area contributed by atoms with Crippen molar-refractivity contribution >= 4 is 10.1 Å². The molecule has 0 aromatic rings. The lowest BCUT2D eigenvalue weighted by Gasteiger charge is -2.29. The largest absolute Gasteiger partial charge is 0.328 e. The molecule has 0 saturated heterocycles. The van der Waals surface area contributed by atoms with Crippen molar-refractivity contribution in [2.45, 2.75) is 64.7 Å². The second-order valence-electron chi connectivity index (χ2n) is 6.84. The molecule has 5 heteroatoms. The minimum Gasteiger partial charge on any atom is -0.328 e. The molecule has 0 atom stereocenters. The Kier molecular flexibility index (Phi) is 11.9. The smallest absolute Gasteiger partial charge is 0.265 e. The fourth-order valence-electron chi connectivity index (χ4n) is 2.53. The molecule has 0 rings (SSSR count). The lowest BCUT2D eigenvalue weighted by molar-refractivity contribution is -0.890. The third-order valence-corrected chi connectivity index (χ3v) is 4.75. The maximum absolute atomic E-state index is 10.7. The number of hydrogen-bond donors (Lipinski definition) is 1. The summed E-state index contributed by atoms with van der Waals surface area (Å²) in [5.41, 5.74) is 0. The monoisotopic (exact) mass is 334 g/mol. The Morgan fingerprint density at radius 2 is 1.41 bits per heavy atom. The molecule has 0 radical (unpaired) electrons. The van der Waals surface area contributed by atoms with E-state index >= 15 is 0 Å². The standard InChI is InChI=1S/C17H35NO3S/c1-4-5-6-7-8-9-10-11-12-13-15-18(2,3)16-14-17-22(19,20)21/h10-11H,4-9,12-17H2,1-3H3/p+1. The zero-order valence-electron chi connectivity index (χ0n) is 14.8. The molecule has 0 spiro atoms. The van der Waals surface area contributed by atoms with E-state index in [-0.39, 0.29) is 5.75 Å². The summed E-state index contributed by atoms with van der Waals surface area (Å²) in [6.07, 6.45) is 15.1. The van der Waals surface area contributed by atoms with Crippen LogP contribution in [0.1, 0.15) is 64.7 Å². The van der Waals surface area contributed by atoms with Gasteiger partial charge in [0.2, 0.25) is 0 Å². The first kappa shape index (κ1) is 21.6. The molecule has 0 fully saturated rings. The highest BCUT2D eigenvalue weighted by Crippen LogP contribution is 2.07. The summed E-state index contributed by atoms with van der Waals surface area (Å²) < 4.78 is 30.9. The van der Waals surface area contributed by atoms with E-state index in [4.69, 9.17) is 4.55 Å². The molecule has 0 amide bonds. The van der Waals surface area contributed by atoms with Gasteiger partial charge in [-0.25, -0.2) is 0 Å². The highest BCUT2D eigenvalue weighted by Gasteiger charge is 2.15. The number of unbranched alkanes of at least 4 members (excludes halogenated alkanes) is 6. The molecular formula is C17H36NO3S+. The summed E-state index contributed by atoms with van der Waals surface area (Å²) in [6.45, 7) is 4.05. The van der Waals surface area contributed by atoms with Gasteiger partial charge in [-0.2, -0.15) is 8.42 Å². The van der Waals surface area contributed by atoms with Gasteiger partial charge in [0.1, 0.15) is 0 Å². The molecule has 0 bridgehead atoms. The van der Waals surface area contributed by atoms with Crippen molar-refractivity contribution in [3.8, 4) is 0 Å². The van der Waals surface area contributed by atoms with Gasteiger partial charge >= 0.3 is 0 Å². The SMILES string of the molecule is CCCCCCCC=CCCC[N+](C)(C)CCCS(=O)(=O)O. The van der Waals surface area contributed by atoms with E-state index < -0.39 is 10.1 Å². The van der Waals surface area contributed by atoms with Crippen molar-refractivity contribution in [2.75, 3.05) is 32.9 Å². The van der Waals surface area contributed by atoms with E-state index in [1.165, 1.54) is 38.5 Å². The van der Waals surface area contributed by atoms with Gasteiger partial charge in [-0.1, -0.05) is 44.8 Å². The van der Waals surface area contributed by atoms with Crippen LogP contribution in [0.25, 0.3) is 0 Å². The molecule has 0 aliphatic carbocycles. The van der Waals surface area contributed by atoms with Crippen LogP contribution in [0.3, 0.4) is 0 Å². The predicted octanol–water partition coefficient (Wildman–Crippen LogP) is 4.04. The molecule has 4 nitrogen and oxygen atoms in total. The maximum Gasteiger partial charge on any atom is 0.265 e. The number of quaternary nitrogens is 1. The molecule has 0 aliphatic rings. The lowest BCUT2D eigenvalue weighted by Crippen LogP contribution is -2.41. The average Bonchev–Trinajstić information content (AvgIpc) is 2.39. The second-order valence-corrected chi connectivity index (χ2v) is 8.41. The summed E-state index contributed by atoms with van der Waals surface area (Å²) in [5, 5.41) is 0. The summed E-state index contributed by atoms with van der Waals surface area (Å²) in [5.74, 6) is -0.132. The Hall–Kier alpha value is -0.390. The van der Waals surface area contributed by atoms with Crippen LogP contribution in [0, 0.1) is 0 Å². The number of nitrogens with zero attached hydrogens (tertiary/aromatic N) is 1. The average molecular weight is 335 g/mol. The Bertz CT molecular complexity index is 389. The third-order valence-electron chi connectivity index (χ3n) is 3.94. The van der Waals surface area contributed by atoms with Crippen molar-refractivity contribution in [3.05, 3.63) is 12.2 Å². The van der Waals surface area contributed by atoms with E-state index in [2.05, 4.69) is 33.2 Å². The Labute approximate surface area is 137 Å². The zero-order chi connectivity index (χ0) is 16.9. The molecule has 0 aromatic heterocycles. The minimum atomic E-state index is -3.81. The van der Waals surface area contributed by atoms with E-state index in [1.807, 2.05) is 0 Å². The van der Waals surface area contributed by atoms with Crippen LogP contribution in [0.15, 0.2) is 12.2 Å². The van der Waals surface area contributed by atoms with E-state index in [0.717, 1.165) is 30.4 Å². The van der Waals surface area contributed by atoms with Crippen LogP contribution in [-0.4, -0.2) is 50.4 Å². The fourth-order valence-corrected chi connectivity index (χ4v) is 3.02. The van der Waals surface area contributed by atoms with Crippen molar-refractivity contribution in [1.29, 1.82) is 0 Å². The Morgan fingerprint density at radius 3 is 2.00 bits per heavy atom. The van der Waals surface area contributed by atoms with Gasteiger partial charge in [0.25, 0.3) is 10.1 Å². The van der Waals surface area contributed by atoms with Crippen LogP contribution in [0.5, 0.6) is 0 Å². The highest BCUT2D eigenvalue weighted by molar-refractivity contribution is 7.85. The van der Waals surface area contributed by atoms with Crippen LogP contribution >= 0.6 is 0 Å². The highest BCUT2D eigenvalue weighted by atomic mass is 32.2. The van der Waals surface area contributed by atoms with E-state index in [0.29, 0.717) is 6.42 Å². The molecule has 0 aromatic carbocycles. The number of rotatable bonds is 14. The summed E-state index contributed by atoms with van der Waals surface area (Å²) in [4.78, 5) is 0. The molecule has 22 heavy (non-hydrogen) atoms. The third kappa shape index (κ3) is 16.0. The van der Waals surface area contributed by atoms with Gasteiger partial charge in [-0.15, -0.1) is 0 Å². The summed E-state index contributed by atoms with van der Waals surface area (Å²) in [7, 11) is 0.413. The summed E-state index contributed by atoms with van der Waals surface area (Å²) in [6, 6.07) is 0. The van der Waals surface area contributed by atoms with Crippen molar-refractivity contribution in [3.63, 3.8) is 0 Å². The van der Waals surface area contributed by atoms with Gasteiger partial charge < -0.3 is 4.48 Å².